The van der Waals surface area contributed by atoms with E-state index < -0.39 is 0 Å². The van der Waals surface area contributed by atoms with Crippen LogP contribution in [0.2, 0.25) is 0 Å². The van der Waals surface area contributed by atoms with Crippen molar-refractivity contribution in [1.82, 2.24) is 0 Å². The molecule has 0 aliphatic carbocycles. The standard InChI is InChI=1S/C13H18O3/c1-10-7-11(2)9-12(8-10)14-4-3-13-15-5-6-16-13/h7-9,13H,3-6H2,1-2H3. The molecule has 88 valence electrons. The van der Waals surface area contributed by atoms with Crippen molar-refractivity contribution in [2.24, 2.45) is 0 Å². The molecule has 1 heterocycles. The number of rotatable bonds is 4. The van der Waals surface area contributed by atoms with Gasteiger partial charge in [-0.15, -0.1) is 0 Å². The second-order valence-corrected chi connectivity index (χ2v) is 4.13. The molecule has 0 radical (unpaired) electrons. The van der Waals surface area contributed by atoms with Crippen molar-refractivity contribution in [3.05, 3.63) is 29.3 Å². The van der Waals surface area contributed by atoms with Gasteiger partial charge in [0.25, 0.3) is 0 Å². The van der Waals surface area contributed by atoms with E-state index in [1.807, 2.05) is 12.1 Å². The van der Waals surface area contributed by atoms with Crippen LogP contribution in [0.3, 0.4) is 0 Å². The van der Waals surface area contributed by atoms with Crippen LogP contribution in [0.5, 0.6) is 5.75 Å². The summed E-state index contributed by atoms with van der Waals surface area (Å²) in [6, 6.07) is 6.22. The summed E-state index contributed by atoms with van der Waals surface area (Å²) in [6.07, 6.45) is 0.707. The fraction of sp³-hybridized carbons (Fsp3) is 0.538. The van der Waals surface area contributed by atoms with E-state index in [1.165, 1.54) is 11.1 Å². The highest BCUT2D eigenvalue weighted by atomic mass is 16.7. The lowest BCUT2D eigenvalue weighted by Gasteiger charge is -2.11. The fourth-order valence-electron chi connectivity index (χ4n) is 1.86. The second-order valence-electron chi connectivity index (χ2n) is 4.13. The minimum Gasteiger partial charge on any atom is -0.493 e. The topological polar surface area (TPSA) is 27.7 Å². The molecule has 1 aliphatic rings. The normalized spacial score (nSPS) is 16.6. The van der Waals surface area contributed by atoms with E-state index in [1.54, 1.807) is 0 Å². The average molecular weight is 222 g/mol. The van der Waals surface area contributed by atoms with E-state index in [-0.39, 0.29) is 6.29 Å². The number of benzene rings is 1. The van der Waals surface area contributed by atoms with E-state index in [2.05, 4.69) is 19.9 Å². The van der Waals surface area contributed by atoms with Gasteiger partial charge in [-0.2, -0.15) is 0 Å². The van der Waals surface area contributed by atoms with E-state index in [0.717, 1.165) is 12.2 Å². The van der Waals surface area contributed by atoms with Gasteiger partial charge < -0.3 is 14.2 Å². The van der Waals surface area contributed by atoms with Gasteiger partial charge in [0.05, 0.1) is 19.8 Å². The Kier molecular flexibility index (Phi) is 3.80. The van der Waals surface area contributed by atoms with Crippen LogP contribution >= 0.6 is 0 Å². The van der Waals surface area contributed by atoms with Crippen LogP contribution in [-0.4, -0.2) is 26.1 Å². The molecule has 3 nitrogen and oxygen atoms in total. The van der Waals surface area contributed by atoms with E-state index in [4.69, 9.17) is 14.2 Å². The first-order chi connectivity index (χ1) is 7.74. The molecular weight excluding hydrogens is 204 g/mol. The first kappa shape index (κ1) is 11.4. The van der Waals surface area contributed by atoms with Crippen molar-refractivity contribution >= 4 is 0 Å². The van der Waals surface area contributed by atoms with Gasteiger partial charge in [-0.25, -0.2) is 0 Å². The van der Waals surface area contributed by atoms with E-state index in [0.29, 0.717) is 19.8 Å². The summed E-state index contributed by atoms with van der Waals surface area (Å²) in [4.78, 5) is 0. The molecule has 1 aliphatic heterocycles. The second kappa shape index (κ2) is 5.32. The smallest absolute Gasteiger partial charge is 0.161 e. The SMILES string of the molecule is Cc1cc(C)cc(OCCC2OCCO2)c1. The highest BCUT2D eigenvalue weighted by Gasteiger charge is 2.15. The maximum absolute atomic E-state index is 5.67. The number of hydrogen-bond donors (Lipinski definition) is 0. The Bertz CT molecular complexity index is 323. The Morgan fingerprint density at radius 2 is 1.75 bits per heavy atom. The lowest BCUT2D eigenvalue weighted by Crippen LogP contribution is -2.12. The van der Waals surface area contributed by atoms with Crippen LogP contribution < -0.4 is 4.74 Å². The third-order valence-electron chi connectivity index (χ3n) is 2.51. The summed E-state index contributed by atoms with van der Waals surface area (Å²) in [5.74, 6) is 0.926. The Hall–Kier alpha value is -1.06. The van der Waals surface area contributed by atoms with Gasteiger partial charge in [-0.1, -0.05) is 6.07 Å². The Labute approximate surface area is 96.3 Å². The number of ether oxygens (including phenoxy) is 3. The predicted octanol–water partition coefficient (Wildman–Crippen LogP) is 2.45. The molecular formula is C13H18O3. The highest BCUT2D eigenvalue weighted by molar-refractivity contribution is 5.32. The van der Waals surface area contributed by atoms with Crippen LogP contribution in [-0.2, 0) is 9.47 Å². The maximum atomic E-state index is 5.67. The zero-order valence-electron chi connectivity index (χ0n) is 9.86. The van der Waals surface area contributed by atoms with Gasteiger partial charge >= 0.3 is 0 Å². The van der Waals surface area contributed by atoms with Crippen molar-refractivity contribution in [1.29, 1.82) is 0 Å². The van der Waals surface area contributed by atoms with Gasteiger partial charge in [0, 0.05) is 6.42 Å². The summed E-state index contributed by atoms with van der Waals surface area (Å²) >= 11 is 0. The summed E-state index contributed by atoms with van der Waals surface area (Å²) in [6.45, 7) is 6.18. The summed E-state index contributed by atoms with van der Waals surface area (Å²) in [5.41, 5.74) is 2.45. The zero-order chi connectivity index (χ0) is 11.4. The molecule has 1 fully saturated rings. The van der Waals surface area contributed by atoms with Gasteiger partial charge in [0.1, 0.15) is 5.75 Å². The molecule has 16 heavy (non-hydrogen) atoms. The molecule has 0 spiro atoms. The summed E-state index contributed by atoms with van der Waals surface area (Å²) in [7, 11) is 0. The molecule has 1 aromatic carbocycles. The molecule has 1 aromatic rings. The molecule has 0 atom stereocenters. The van der Waals surface area contributed by atoms with E-state index in [9.17, 15) is 0 Å². The van der Waals surface area contributed by atoms with Crippen molar-refractivity contribution in [2.75, 3.05) is 19.8 Å². The van der Waals surface area contributed by atoms with Crippen molar-refractivity contribution in [2.45, 2.75) is 26.6 Å². The van der Waals surface area contributed by atoms with E-state index >= 15 is 0 Å². The van der Waals surface area contributed by atoms with Crippen molar-refractivity contribution < 1.29 is 14.2 Å². The Morgan fingerprint density at radius 3 is 2.38 bits per heavy atom. The summed E-state index contributed by atoms with van der Waals surface area (Å²) < 4.78 is 16.3. The zero-order valence-corrected chi connectivity index (χ0v) is 9.86. The largest absolute Gasteiger partial charge is 0.493 e. The van der Waals surface area contributed by atoms with Crippen LogP contribution in [0.25, 0.3) is 0 Å². The third-order valence-corrected chi connectivity index (χ3v) is 2.51. The highest BCUT2D eigenvalue weighted by Crippen LogP contribution is 2.17. The average Bonchev–Trinajstić information content (AvgIpc) is 2.69. The molecule has 0 N–H and O–H groups in total. The number of hydrogen-bond acceptors (Lipinski definition) is 3. The fourth-order valence-corrected chi connectivity index (χ4v) is 1.86. The molecule has 0 amide bonds. The molecule has 2 rings (SSSR count). The molecule has 3 heteroatoms. The van der Waals surface area contributed by atoms with Crippen LogP contribution in [0.15, 0.2) is 18.2 Å². The Balaban J connectivity index is 1.80. The minimum absolute atomic E-state index is 0.0779. The van der Waals surface area contributed by atoms with Crippen molar-refractivity contribution in [3.8, 4) is 5.75 Å². The molecule has 1 saturated heterocycles. The molecule has 0 unspecified atom stereocenters. The molecule has 0 aromatic heterocycles. The predicted molar refractivity (Wildman–Crippen MR) is 61.7 cm³/mol. The van der Waals surface area contributed by atoms with Gasteiger partial charge in [-0.3, -0.25) is 0 Å². The third kappa shape index (κ3) is 3.22. The quantitative estimate of drug-likeness (QED) is 0.783. The van der Waals surface area contributed by atoms with Gasteiger partial charge in [0.15, 0.2) is 6.29 Å². The first-order valence-corrected chi connectivity index (χ1v) is 5.68. The lowest BCUT2D eigenvalue weighted by molar-refractivity contribution is -0.0531. The van der Waals surface area contributed by atoms with Crippen LogP contribution in [0.1, 0.15) is 17.5 Å². The number of aryl methyl sites for hydroxylation is 2. The molecule has 0 saturated carbocycles. The van der Waals surface area contributed by atoms with Gasteiger partial charge in [0.2, 0.25) is 0 Å². The lowest BCUT2D eigenvalue weighted by atomic mass is 10.1. The first-order valence-electron chi connectivity index (χ1n) is 5.68. The van der Waals surface area contributed by atoms with Crippen LogP contribution in [0.4, 0.5) is 0 Å². The Morgan fingerprint density at radius 1 is 1.12 bits per heavy atom. The maximum Gasteiger partial charge on any atom is 0.161 e. The monoisotopic (exact) mass is 222 g/mol. The van der Waals surface area contributed by atoms with Gasteiger partial charge in [-0.05, 0) is 37.1 Å². The van der Waals surface area contributed by atoms with Crippen molar-refractivity contribution in [3.63, 3.8) is 0 Å². The minimum atomic E-state index is -0.0779. The molecule has 0 bridgehead atoms. The van der Waals surface area contributed by atoms with Crippen LogP contribution in [0, 0.1) is 13.8 Å². The summed E-state index contributed by atoms with van der Waals surface area (Å²) in [5, 5.41) is 0.